The number of aliphatic hydroxyl groups excluding tert-OH is 1. The quantitative estimate of drug-likeness (QED) is 0.263. The summed E-state index contributed by atoms with van der Waals surface area (Å²) in [5.74, 6) is 0.436. The molecule has 0 heterocycles. The molecular weight excluding hydrogens is 285 g/mol. The highest BCUT2D eigenvalue weighted by Gasteiger charge is 2.24. The number of nitrogens with zero attached hydrogens (tertiary/aromatic N) is 3. The van der Waals surface area contributed by atoms with Gasteiger partial charge < -0.3 is 9.84 Å². The fourth-order valence-corrected chi connectivity index (χ4v) is 1.65. The van der Waals surface area contributed by atoms with Crippen molar-refractivity contribution in [1.82, 2.24) is 0 Å². The van der Waals surface area contributed by atoms with Gasteiger partial charge in [0, 0.05) is 15.0 Å². The second-order valence-corrected chi connectivity index (χ2v) is 4.77. The molecule has 0 aromatic heterocycles. The van der Waals surface area contributed by atoms with Gasteiger partial charge in [-0.15, -0.1) is 4.89 Å². The molecule has 3 unspecified atom stereocenters. The van der Waals surface area contributed by atoms with E-state index in [1.807, 2.05) is 6.92 Å². The lowest BCUT2D eigenvalue weighted by Crippen LogP contribution is -2.28. The first-order chi connectivity index (χ1) is 9.40. The van der Waals surface area contributed by atoms with Gasteiger partial charge in [0.05, 0.1) is 0 Å². The molecule has 20 heavy (non-hydrogen) atoms. The van der Waals surface area contributed by atoms with E-state index in [0.717, 1.165) is 0 Å². The van der Waals surface area contributed by atoms with Crippen LogP contribution in [0, 0.1) is 0 Å². The van der Waals surface area contributed by atoms with E-state index in [1.54, 1.807) is 6.92 Å². The zero-order chi connectivity index (χ0) is 15.2. The van der Waals surface area contributed by atoms with Gasteiger partial charge in [-0.05, 0) is 36.1 Å². The molecule has 0 aliphatic carbocycles. The highest BCUT2D eigenvalue weighted by atomic mass is 31.1. The first-order valence-corrected chi connectivity index (χ1v) is 6.89. The summed E-state index contributed by atoms with van der Waals surface area (Å²) in [6, 6.07) is 6.02. The Labute approximate surface area is 116 Å². The normalized spacial score (nSPS) is 15.7. The van der Waals surface area contributed by atoms with Gasteiger partial charge in [-0.25, -0.2) is 0 Å². The molecule has 0 spiro atoms. The van der Waals surface area contributed by atoms with Gasteiger partial charge in [0.15, 0.2) is 5.72 Å². The molecule has 2 N–H and O–H groups in total. The number of azide groups is 1. The van der Waals surface area contributed by atoms with E-state index >= 15 is 0 Å². The summed E-state index contributed by atoms with van der Waals surface area (Å²) >= 11 is 0. The van der Waals surface area contributed by atoms with Crippen molar-refractivity contribution in [3.8, 4) is 5.75 Å². The van der Waals surface area contributed by atoms with Crippen LogP contribution >= 0.6 is 8.25 Å². The zero-order valence-corrected chi connectivity index (χ0v) is 11.9. The van der Waals surface area contributed by atoms with Crippen LogP contribution in [0.1, 0.15) is 32.1 Å². The smallest absolute Gasteiger partial charge is 0.481 e. The molecule has 0 radical (unpaired) electrons. The van der Waals surface area contributed by atoms with Crippen LogP contribution in [0.4, 0.5) is 0 Å². The summed E-state index contributed by atoms with van der Waals surface area (Å²) in [4.78, 5) is 11.3. The topological polar surface area (TPSA) is 125 Å². The SMILES string of the molecule is CCC(C)(N=[N+]=[N-])Oc1ccc(C(O)O[P+](=O)O)cc1. The van der Waals surface area contributed by atoms with Gasteiger partial charge in [-0.3, -0.25) is 0 Å². The van der Waals surface area contributed by atoms with Crippen molar-refractivity contribution >= 4 is 8.25 Å². The molecule has 1 rings (SSSR count). The first kappa shape index (κ1) is 16.4. The molecule has 0 saturated heterocycles. The van der Waals surface area contributed by atoms with Crippen molar-refractivity contribution in [2.75, 3.05) is 0 Å². The van der Waals surface area contributed by atoms with E-state index in [2.05, 4.69) is 14.5 Å². The summed E-state index contributed by atoms with van der Waals surface area (Å²) in [7, 11) is -2.89. The molecule has 9 heteroatoms. The fourth-order valence-electron chi connectivity index (χ4n) is 1.36. The van der Waals surface area contributed by atoms with Gasteiger partial charge in [-0.2, -0.15) is 0 Å². The van der Waals surface area contributed by atoms with E-state index in [9.17, 15) is 9.67 Å². The van der Waals surface area contributed by atoms with Crippen LogP contribution in [0.2, 0.25) is 0 Å². The minimum absolute atomic E-state index is 0.303. The summed E-state index contributed by atoms with van der Waals surface area (Å²) in [6.45, 7) is 3.47. The van der Waals surface area contributed by atoms with E-state index in [-0.39, 0.29) is 0 Å². The third-order valence-electron chi connectivity index (χ3n) is 2.61. The molecule has 0 amide bonds. The van der Waals surface area contributed by atoms with Gasteiger partial charge >= 0.3 is 8.25 Å². The highest BCUT2D eigenvalue weighted by Crippen LogP contribution is 2.29. The maximum atomic E-state index is 10.4. The second-order valence-electron chi connectivity index (χ2n) is 4.08. The van der Waals surface area contributed by atoms with Crippen LogP contribution in [-0.2, 0) is 9.09 Å². The molecular formula is C11H15N3O5P+. The predicted octanol–water partition coefficient (Wildman–Crippen LogP) is 3.16. The summed E-state index contributed by atoms with van der Waals surface area (Å²) in [5, 5.41) is 13.1. The van der Waals surface area contributed by atoms with Crippen molar-refractivity contribution in [2.45, 2.75) is 32.3 Å². The average Bonchev–Trinajstić information content (AvgIpc) is 2.39. The number of aliphatic hydroxyl groups is 1. The van der Waals surface area contributed by atoms with Crippen molar-refractivity contribution < 1.29 is 23.8 Å². The summed E-state index contributed by atoms with van der Waals surface area (Å²) in [6.07, 6.45) is -1.01. The fraction of sp³-hybridized carbons (Fsp3) is 0.455. The molecule has 8 nitrogen and oxygen atoms in total. The predicted molar refractivity (Wildman–Crippen MR) is 70.8 cm³/mol. The molecule has 0 saturated carbocycles. The van der Waals surface area contributed by atoms with E-state index < -0.39 is 20.3 Å². The van der Waals surface area contributed by atoms with E-state index in [0.29, 0.717) is 17.7 Å². The minimum atomic E-state index is -2.89. The Morgan fingerprint density at radius 3 is 2.55 bits per heavy atom. The lowest BCUT2D eigenvalue weighted by atomic mass is 10.2. The minimum Gasteiger partial charge on any atom is -0.481 e. The van der Waals surface area contributed by atoms with Crippen LogP contribution in [0.25, 0.3) is 10.4 Å². The molecule has 3 atom stereocenters. The Bertz CT molecular complexity index is 517. The lowest BCUT2D eigenvalue weighted by Gasteiger charge is -2.24. The summed E-state index contributed by atoms with van der Waals surface area (Å²) in [5.41, 5.74) is 7.79. The van der Waals surface area contributed by atoms with Crippen LogP contribution in [-0.4, -0.2) is 15.7 Å². The summed E-state index contributed by atoms with van der Waals surface area (Å²) < 4.78 is 20.4. The van der Waals surface area contributed by atoms with E-state index in [4.69, 9.17) is 15.2 Å². The standard InChI is InChI=1S/C11H14N3O5P/c1-3-11(2,13-14-12)18-9-6-4-8(5-7-9)10(15)19-20(16)17/h4-7,10,15H,3H2,1-2H3/p+1. The largest absolute Gasteiger partial charge is 0.697 e. The van der Waals surface area contributed by atoms with Crippen LogP contribution in [0.15, 0.2) is 29.4 Å². The molecule has 0 bridgehead atoms. The third kappa shape index (κ3) is 4.77. The van der Waals surface area contributed by atoms with Crippen molar-refractivity contribution in [3.63, 3.8) is 0 Å². The Morgan fingerprint density at radius 2 is 2.10 bits per heavy atom. The second kappa shape index (κ2) is 7.19. The maximum absolute atomic E-state index is 10.4. The van der Waals surface area contributed by atoms with Crippen LogP contribution in [0.5, 0.6) is 5.75 Å². The third-order valence-corrected chi connectivity index (χ3v) is 2.99. The Kier molecular flexibility index (Phi) is 5.88. The van der Waals surface area contributed by atoms with Gasteiger partial charge in [-0.1, -0.05) is 23.6 Å². The first-order valence-electron chi connectivity index (χ1n) is 5.76. The molecule has 108 valence electrons. The van der Waals surface area contributed by atoms with Gasteiger partial charge in [0.25, 0.3) is 0 Å². The molecule has 1 aromatic carbocycles. The van der Waals surface area contributed by atoms with Crippen molar-refractivity contribution in [1.29, 1.82) is 0 Å². The van der Waals surface area contributed by atoms with Crippen LogP contribution in [0.3, 0.4) is 0 Å². The van der Waals surface area contributed by atoms with Gasteiger partial charge in [0.1, 0.15) is 5.75 Å². The van der Waals surface area contributed by atoms with Crippen molar-refractivity contribution in [2.24, 2.45) is 5.11 Å². The van der Waals surface area contributed by atoms with Crippen molar-refractivity contribution in [3.05, 3.63) is 40.3 Å². The lowest BCUT2D eigenvalue weighted by molar-refractivity contribution is -0.0208. The number of rotatable bonds is 7. The zero-order valence-electron chi connectivity index (χ0n) is 11.0. The van der Waals surface area contributed by atoms with E-state index in [1.165, 1.54) is 24.3 Å². The Hall–Kier alpha value is -1.69. The van der Waals surface area contributed by atoms with Crippen LogP contribution < -0.4 is 4.74 Å². The molecule has 0 aliphatic heterocycles. The number of ether oxygens (including phenoxy) is 1. The Morgan fingerprint density at radius 1 is 1.50 bits per heavy atom. The molecule has 0 fully saturated rings. The maximum Gasteiger partial charge on any atom is 0.697 e. The number of hydrogen-bond donors (Lipinski definition) is 2. The molecule has 0 aliphatic rings. The molecule has 1 aromatic rings. The number of benzene rings is 1. The number of hydrogen-bond acceptors (Lipinski definition) is 5. The Balaban J connectivity index is 2.81. The monoisotopic (exact) mass is 300 g/mol. The van der Waals surface area contributed by atoms with Gasteiger partial charge in [0.2, 0.25) is 6.29 Å². The highest BCUT2D eigenvalue weighted by molar-refractivity contribution is 7.32. The average molecular weight is 300 g/mol.